The minimum Gasteiger partial charge on any atom is -0.449 e. The number of hydrogen-bond acceptors (Lipinski definition) is 4. The average molecular weight is 294 g/mol. The van der Waals surface area contributed by atoms with E-state index < -0.39 is 18.1 Å². The van der Waals surface area contributed by atoms with Crippen molar-refractivity contribution in [3.8, 4) is 0 Å². The summed E-state index contributed by atoms with van der Waals surface area (Å²) in [4.78, 5) is 22.5. The van der Waals surface area contributed by atoms with Crippen LogP contribution in [0.25, 0.3) is 0 Å². The maximum atomic E-state index is 12.5. The molecule has 1 aliphatic rings. The first-order valence-corrected chi connectivity index (χ1v) is 6.38. The van der Waals surface area contributed by atoms with Crippen LogP contribution in [0, 0.1) is 0 Å². The van der Waals surface area contributed by atoms with Gasteiger partial charge in [0.25, 0.3) is 5.78 Å². The Balaban J connectivity index is 2.84. The summed E-state index contributed by atoms with van der Waals surface area (Å²) in [6.07, 6.45) is -3.48. The standard InChI is InChI=1S/C12H17F3N2O3/c1-2-20-11(19)17-16-9-7-5-3-4-6-8(9)10(18)12(13,14)15/h16H,2-7H2,1H3,(H,17,19). The van der Waals surface area contributed by atoms with Gasteiger partial charge in [0.05, 0.1) is 6.61 Å². The molecule has 20 heavy (non-hydrogen) atoms. The Labute approximate surface area is 114 Å². The highest BCUT2D eigenvalue weighted by atomic mass is 19.4. The molecule has 0 unspecified atom stereocenters. The molecule has 2 N–H and O–H groups in total. The summed E-state index contributed by atoms with van der Waals surface area (Å²) in [5.41, 5.74) is 4.31. The van der Waals surface area contributed by atoms with Gasteiger partial charge in [0, 0.05) is 11.3 Å². The third kappa shape index (κ3) is 4.75. The summed E-state index contributed by atoms with van der Waals surface area (Å²) in [6, 6.07) is 0. The molecule has 0 fully saturated rings. The van der Waals surface area contributed by atoms with E-state index in [0.717, 1.165) is 6.42 Å². The molecule has 5 nitrogen and oxygen atoms in total. The fourth-order valence-corrected chi connectivity index (χ4v) is 1.94. The van der Waals surface area contributed by atoms with E-state index in [1.54, 1.807) is 6.92 Å². The summed E-state index contributed by atoms with van der Waals surface area (Å²) in [6.45, 7) is 1.74. The topological polar surface area (TPSA) is 67.4 Å². The largest absolute Gasteiger partial charge is 0.454 e. The molecule has 0 radical (unpaired) electrons. The van der Waals surface area contributed by atoms with E-state index in [0.29, 0.717) is 12.8 Å². The van der Waals surface area contributed by atoms with Crippen LogP contribution in [0.3, 0.4) is 0 Å². The first kappa shape index (κ1) is 16.3. The van der Waals surface area contributed by atoms with Gasteiger partial charge in [-0.1, -0.05) is 6.42 Å². The van der Waals surface area contributed by atoms with E-state index >= 15 is 0 Å². The summed E-state index contributed by atoms with van der Waals surface area (Å²) in [7, 11) is 0. The summed E-state index contributed by atoms with van der Waals surface area (Å²) < 4.78 is 42.2. The maximum Gasteiger partial charge on any atom is 0.454 e. The second-order valence-electron chi connectivity index (χ2n) is 4.32. The number of Topliss-reactive ketones (excluding diaryl/α,β-unsaturated/α-hetero) is 1. The SMILES string of the molecule is CCOC(=O)NNC1=C(C(=O)C(F)(F)F)CCCCC1. The normalized spacial score (nSPS) is 16.4. The molecule has 0 aromatic heterocycles. The van der Waals surface area contributed by atoms with E-state index in [1.807, 2.05) is 0 Å². The number of halogens is 3. The third-order valence-corrected chi connectivity index (χ3v) is 2.84. The number of ketones is 1. The second kappa shape index (κ2) is 7.16. The number of hydrazine groups is 1. The number of ether oxygens (including phenoxy) is 1. The number of carbonyl (C=O) groups excluding carboxylic acids is 2. The Morgan fingerprint density at radius 2 is 1.85 bits per heavy atom. The molecule has 8 heteroatoms. The maximum absolute atomic E-state index is 12.5. The predicted octanol–water partition coefficient (Wildman–Crippen LogP) is 2.59. The molecule has 0 atom stereocenters. The number of carbonyl (C=O) groups is 2. The zero-order valence-corrected chi connectivity index (χ0v) is 11.1. The van der Waals surface area contributed by atoms with Crippen LogP contribution in [-0.4, -0.2) is 24.7 Å². The van der Waals surface area contributed by atoms with Gasteiger partial charge in [-0.3, -0.25) is 10.2 Å². The minimum atomic E-state index is -4.91. The van der Waals surface area contributed by atoms with Gasteiger partial charge in [0.15, 0.2) is 0 Å². The molecule has 114 valence electrons. The van der Waals surface area contributed by atoms with Crippen LogP contribution in [0.2, 0.25) is 0 Å². The third-order valence-electron chi connectivity index (χ3n) is 2.84. The first-order chi connectivity index (χ1) is 9.36. The molecule has 1 amide bonds. The zero-order chi connectivity index (χ0) is 15.2. The molecule has 0 heterocycles. The Hall–Kier alpha value is -1.73. The summed E-state index contributed by atoms with van der Waals surface area (Å²) in [5.74, 6) is -1.85. The molecule has 1 rings (SSSR count). The summed E-state index contributed by atoms with van der Waals surface area (Å²) in [5, 5.41) is 0. The van der Waals surface area contributed by atoms with Crippen LogP contribution >= 0.6 is 0 Å². The highest BCUT2D eigenvalue weighted by molar-refractivity contribution is 6.00. The number of alkyl halides is 3. The van der Waals surface area contributed by atoms with Gasteiger partial charge in [-0.25, -0.2) is 10.2 Å². The predicted molar refractivity (Wildman–Crippen MR) is 64.5 cm³/mol. The van der Waals surface area contributed by atoms with Crippen LogP contribution < -0.4 is 10.9 Å². The quantitative estimate of drug-likeness (QED) is 0.782. The number of hydrogen-bond donors (Lipinski definition) is 2. The number of nitrogens with one attached hydrogen (secondary N) is 2. The highest BCUT2D eigenvalue weighted by Gasteiger charge is 2.41. The Bertz CT molecular complexity index is 405. The monoisotopic (exact) mass is 294 g/mol. The van der Waals surface area contributed by atoms with Crippen LogP contribution in [-0.2, 0) is 9.53 Å². The molecule has 0 aliphatic heterocycles. The number of allylic oxidation sites excluding steroid dienone is 2. The Kier molecular flexibility index (Phi) is 5.84. The minimum absolute atomic E-state index is 0.0468. The lowest BCUT2D eigenvalue weighted by Gasteiger charge is -2.16. The van der Waals surface area contributed by atoms with Crippen molar-refractivity contribution in [1.29, 1.82) is 0 Å². The van der Waals surface area contributed by atoms with Gasteiger partial charge in [0.1, 0.15) is 0 Å². The molecule has 1 aliphatic carbocycles. The molecule has 0 aromatic carbocycles. The highest BCUT2D eigenvalue weighted by Crippen LogP contribution is 2.29. The van der Waals surface area contributed by atoms with E-state index in [-0.39, 0.29) is 30.7 Å². The smallest absolute Gasteiger partial charge is 0.449 e. The Morgan fingerprint density at radius 1 is 1.20 bits per heavy atom. The van der Waals surface area contributed by atoms with E-state index in [9.17, 15) is 22.8 Å². The number of rotatable bonds is 4. The van der Waals surface area contributed by atoms with Crippen molar-refractivity contribution in [2.24, 2.45) is 0 Å². The van der Waals surface area contributed by atoms with Crippen molar-refractivity contribution < 1.29 is 27.5 Å². The zero-order valence-electron chi connectivity index (χ0n) is 11.1. The van der Waals surface area contributed by atoms with Crippen molar-refractivity contribution in [1.82, 2.24) is 10.9 Å². The fraction of sp³-hybridized carbons (Fsp3) is 0.667. The summed E-state index contributed by atoms with van der Waals surface area (Å²) >= 11 is 0. The second-order valence-corrected chi connectivity index (χ2v) is 4.32. The van der Waals surface area contributed by atoms with Crippen LogP contribution in [0.4, 0.5) is 18.0 Å². The van der Waals surface area contributed by atoms with Gasteiger partial charge in [-0.05, 0) is 32.6 Å². The van der Waals surface area contributed by atoms with Crippen LogP contribution in [0.1, 0.15) is 39.0 Å². The van der Waals surface area contributed by atoms with Crippen LogP contribution in [0.5, 0.6) is 0 Å². The first-order valence-electron chi connectivity index (χ1n) is 6.38. The lowest BCUT2D eigenvalue weighted by Crippen LogP contribution is -2.39. The van der Waals surface area contributed by atoms with Gasteiger partial charge in [-0.15, -0.1) is 0 Å². The Morgan fingerprint density at radius 3 is 2.45 bits per heavy atom. The van der Waals surface area contributed by atoms with Crippen molar-refractivity contribution in [3.05, 3.63) is 11.3 Å². The van der Waals surface area contributed by atoms with Crippen molar-refractivity contribution in [2.75, 3.05) is 6.61 Å². The lowest BCUT2D eigenvalue weighted by molar-refractivity contribution is -0.166. The number of amides is 1. The molecule has 0 spiro atoms. The van der Waals surface area contributed by atoms with Crippen molar-refractivity contribution in [2.45, 2.75) is 45.2 Å². The molecule has 0 aromatic rings. The molecular formula is C12H17F3N2O3. The van der Waals surface area contributed by atoms with Gasteiger partial charge < -0.3 is 4.74 Å². The van der Waals surface area contributed by atoms with Gasteiger partial charge in [0.2, 0.25) is 0 Å². The lowest BCUT2D eigenvalue weighted by atomic mass is 10.0. The van der Waals surface area contributed by atoms with Gasteiger partial charge in [-0.2, -0.15) is 13.2 Å². The molecule has 0 saturated heterocycles. The molecule has 0 saturated carbocycles. The van der Waals surface area contributed by atoms with E-state index in [1.165, 1.54) is 0 Å². The van der Waals surface area contributed by atoms with Crippen LogP contribution in [0.15, 0.2) is 11.3 Å². The molecular weight excluding hydrogens is 277 g/mol. The average Bonchev–Trinajstić information content (AvgIpc) is 2.59. The van der Waals surface area contributed by atoms with Crippen molar-refractivity contribution >= 4 is 11.9 Å². The van der Waals surface area contributed by atoms with E-state index in [4.69, 9.17) is 0 Å². The molecule has 0 bridgehead atoms. The van der Waals surface area contributed by atoms with Gasteiger partial charge >= 0.3 is 12.3 Å². The van der Waals surface area contributed by atoms with Crippen molar-refractivity contribution in [3.63, 3.8) is 0 Å². The van der Waals surface area contributed by atoms with E-state index in [2.05, 4.69) is 15.6 Å². The fourth-order valence-electron chi connectivity index (χ4n) is 1.94.